The van der Waals surface area contributed by atoms with Crippen molar-refractivity contribution in [3.63, 3.8) is 0 Å². The van der Waals surface area contributed by atoms with E-state index in [1.54, 1.807) is 36.4 Å². The highest BCUT2D eigenvalue weighted by atomic mass is 35.5. The highest BCUT2D eigenvalue weighted by Crippen LogP contribution is 2.27. The smallest absolute Gasteiger partial charge is 0.262 e. The lowest BCUT2D eigenvalue weighted by molar-refractivity contribution is -0.115. The monoisotopic (exact) mass is 429 g/mol. The summed E-state index contributed by atoms with van der Waals surface area (Å²) in [6.45, 7) is 1.04. The van der Waals surface area contributed by atoms with Gasteiger partial charge in [-0.15, -0.1) is 12.4 Å². The molecule has 27 heavy (non-hydrogen) atoms. The number of carbonyl (C=O) groups excluding carboxylic acids is 1. The van der Waals surface area contributed by atoms with Gasteiger partial charge in [-0.25, -0.2) is 8.42 Å². The lowest BCUT2D eigenvalue weighted by Gasteiger charge is -2.11. The van der Waals surface area contributed by atoms with Crippen LogP contribution in [-0.4, -0.2) is 27.4 Å². The van der Waals surface area contributed by atoms with Crippen LogP contribution < -0.4 is 15.4 Å². The van der Waals surface area contributed by atoms with E-state index < -0.39 is 10.0 Å². The minimum absolute atomic E-state index is 0. The molecule has 3 rings (SSSR count). The van der Waals surface area contributed by atoms with Gasteiger partial charge in [0.1, 0.15) is 0 Å². The lowest BCUT2D eigenvalue weighted by Crippen LogP contribution is -2.29. The number of rotatable bonds is 8. The number of anilines is 2. The number of carbonyl (C=O) groups is 1. The zero-order chi connectivity index (χ0) is 18.6. The highest BCUT2D eigenvalue weighted by Gasteiger charge is 2.20. The van der Waals surface area contributed by atoms with Crippen molar-refractivity contribution in [3.05, 3.63) is 53.6 Å². The molecule has 0 bridgehead atoms. The third-order valence-electron chi connectivity index (χ3n) is 3.96. The molecule has 0 aromatic heterocycles. The number of benzene rings is 2. The minimum Gasteiger partial charge on any atom is -0.325 e. The quantitative estimate of drug-likeness (QED) is 0.598. The summed E-state index contributed by atoms with van der Waals surface area (Å²) < 4.78 is 27.6. The van der Waals surface area contributed by atoms with Crippen LogP contribution in [0.1, 0.15) is 12.8 Å². The van der Waals surface area contributed by atoms with Gasteiger partial charge in [0.2, 0.25) is 5.91 Å². The average molecular weight is 430 g/mol. The second-order valence-electron chi connectivity index (χ2n) is 6.24. The number of sulfonamides is 1. The SMILES string of the molecule is Cl.O=C(CNCC1CC1)Nc1cccc(S(=O)(=O)Nc2ccccc2Cl)c1. The van der Waals surface area contributed by atoms with Crippen molar-refractivity contribution in [2.24, 2.45) is 5.92 Å². The standard InChI is InChI=1S/C18H20ClN3O3S.ClH/c19-16-6-1-2-7-17(16)22-26(24,25)15-5-3-4-14(10-15)21-18(23)12-20-11-13-8-9-13;/h1-7,10,13,20,22H,8-9,11-12H2,(H,21,23);1H. The molecule has 3 N–H and O–H groups in total. The third-order valence-corrected chi connectivity index (χ3v) is 5.65. The molecule has 0 spiro atoms. The molecule has 0 saturated heterocycles. The Labute approximate surface area is 170 Å². The first-order chi connectivity index (χ1) is 12.4. The van der Waals surface area contributed by atoms with Gasteiger partial charge in [0, 0.05) is 5.69 Å². The Bertz CT molecular complexity index is 902. The van der Waals surface area contributed by atoms with E-state index in [4.69, 9.17) is 11.6 Å². The molecule has 0 atom stereocenters. The molecule has 1 aliphatic rings. The van der Waals surface area contributed by atoms with Crippen molar-refractivity contribution in [2.75, 3.05) is 23.1 Å². The maximum absolute atomic E-state index is 12.6. The maximum atomic E-state index is 12.6. The van der Waals surface area contributed by atoms with Crippen LogP contribution in [0.5, 0.6) is 0 Å². The minimum atomic E-state index is -3.82. The molecule has 9 heteroatoms. The number of hydrogen-bond acceptors (Lipinski definition) is 4. The molecule has 0 unspecified atom stereocenters. The zero-order valence-electron chi connectivity index (χ0n) is 14.4. The molecule has 0 aliphatic heterocycles. The fraction of sp³-hybridized carbons (Fsp3) is 0.278. The Balaban J connectivity index is 0.00000261. The van der Waals surface area contributed by atoms with Crippen molar-refractivity contribution in [2.45, 2.75) is 17.7 Å². The van der Waals surface area contributed by atoms with Crippen molar-refractivity contribution < 1.29 is 13.2 Å². The number of halogens is 2. The van der Waals surface area contributed by atoms with Crippen LogP contribution in [0, 0.1) is 5.92 Å². The molecule has 0 heterocycles. The number of para-hydroxylation sites is 1. The van der Waals surface area contributed by atoms with Crippen LogP contribution in [0.4, 0.5) is 11.4 Å². The van der Waals surface area contributed by atoms with E-state index in [1.807, 2.05) is 0 Å². The van der Waals surface area contributed by atoms with E-state index in [1.165, 1.54) is 25.0 Å². The third kappa shape index (κ3) is 6.39. The summed E-state index contributed by atoms with van der Waals surface area (Å²) in [4.78, 5) is 12.0. The number of nitrogens with one attached hydrogen (secondary N) is 3. The van der Waals surface area contributed by atoms with Crippen LogP contribution in [0.3, 0.4) is 0 Å². The summed E-state index contributed by atoms with van der Waals surface area (Å²) >= 11 is 6.00. The molecule has 6 nitrogen and oxygen atoms in total. The zero-order valence-corrected chi connectivity index (χ0v) is 16.8. The van der Waals surface area contributed by atoms with Gasteiger partial charge in [0.05, 0.1) is 22.2 Å². The van der Waals surface area contributed by atoms with Gasteiger partial charge in [-0.1, -0.05) is 29.8 Å². The predicted octanol–water partition coefficient (Wildman–Crippen LogP) is 3.50. The summed E-state index contributed by atoms with van der Waals surface area (Å²) in [5, 5.41) is 6.11. The van der Waals surface area contributed by atoms with Crippen LogP contribution in [0.15, 0.2) is 53.4 Å². The molecular formula is C18H21Cl2N3O3S. The van der Waals surface area contributed by atoms with Gasteiger partial charge in [-0.05, 0) is 55.6 Å². The van der Waals surface area contributed by atoms with Crippen molar-refractivity contribution >= 4 is 51.3 Å². The Kier molecular flexibility index (Phi) is 7.49. The second kappa shape index (κ2) is 9.41. The fourth-order valence-electron chi connectivity index (χ4n) is 2.41. The van der Waals surface area contributed by atoms with E-state index in [2.05, 4.69) is 15.4 Å². The van der Waals surface area contributed by atoms with Crippen molar-refractivity contribution in [3.8, 4) is 0 Å². The molecular weight excluding hydrogens is 409 g/mol. The molecule has 2 aromatic rings. The van der Waals surface area contributed by atoms with Gasteiger partial charge in [-0.3, -0.25) is 9.52 Å². The highest BCUT2D eigenvalue weighted by molar-refractivity contribution is 7.92. The molecule has 1 aliphatic carbocycles. The predicted molar refractivity (Wildman–Crippen MR) is 110 cm³/mol. The summed E-state index contributed by atoms with van der Waals surface area (Å²) in [6, 6.07) is 12.7. The second-order valence-corrected chi connectivity index (χ2v) is 8.33. The van der Waals surface area contributed by atoms with Gasteiger partial charge in [-0.2, -0.15) is 0 Å². The molecule has 146 valence electrons. The van der Waals surface area contributed by atoms with E-state index in [0.29, 0.717) is 22.3 Å². The summed E-state index contributed by atoms with van der Waals surface area (Å²) in [5.74, 6) is 0.478. The molecule has 1 saturated carbocycles. The van der Waals surface area contributed by atoms with E-state index in [-0.39, 0.29) is 29.8 Å². The maximum Gasteiger partial charge on any atom is 0.262 e. The van der Waals surface area contributed by atoms with E-state index >= 15 is 0 Å². The van der Waals surface area contributed by atoms with E-state index in [9.17, 15) is 13.2 Å². The first-order valence-electron chi connectivity index (χ1n) is 8.32. The average Bonchev–Trinajstić information content (AvgIpc) is 3.41. The largest absolute Gasteiger partial charge is 0.325 e. The molecule has 1 amide bonds. The summed E-state index contributed by atoms with van der Waals surface area (Å²) in [7, 11) is -3.82. The van der Waals surface area contributed by atoms with Crippen molar-refractivity contribution in [1.82, 2.24) is 5.32 Å². The Hall–Kier alpha value is -1.80. The lowest BCUT2D eigenvalue weighted by atomic mass is 10.3. The normalized spacial score (nSPS) is 13.5. The Morgan fingerprint density at radius 1 is 1.11 bits per heavy atom. The van der Waals surface area contributed by atoms with Gasteiger partial charge < -0.3 is 10.6 Å². The first kappa shape index (κ1) is 21.5. The van der Waals surface area contributed by atoms with Crippen molar-refractivity contribution in [1.29, 1.82) is 0 Å². The van der Waals surface area contributed by atoms with Gasteiger partial charge >= 0.3 is 0 Å². The van der Waals surface area contributed by atoms with Gasteiger partial charge in [0.25, 0.3) is 10.0 Å². The molecule has 2 aromatic carbocycles. The number of amides is 1. The number of hydrogen-bond donors (Lipinski definition) is 3. The summed E-state index contributed by atoms with van der Waals surface area (Å²) in [5.41, 5.74) is 0.720. The molecule has 0 radical (unpaired) electrons. The van der Waals surface area contributed by atoms with Crippen LogP contribution in [0.2, 0.25) is 5.02 Å². The Morgan fingerprint density at radius 3 is 2.56 bits per heavy atom. The fourth-order valence-corrected chi connectivity index (χ4v) is 3.77. The van der Waals surface area contributed by atoms with Gasteiger partial charge in [0.15, 0.2) is 0 Å². The Morgan fingerprint density at radius 2 is 1.85 bits per heavy atom. The molecule has 1 fully saturated rings. The van der Waals surface area contributed by atoms with Crippen LogP contribution in [-0.2, 0) is 14.8 Å². The van der Waals surface area contributed by atoms with Crippen LogP contribution >= 0.6 is 24.0 Å². The first-order valence-corrected chi connectivity index (χ1v) is 10.2. The van der Waals surface area contributed by atoms with E-state index in [0.717, 1.165) is 6.54 Å². The summed E-state index contributed by atoms with van der Waals surface area (Å²) in [6.07, 6.45) is 2.43. The van der Waals surface area contributed by atoms with Crippen LogP contribution in [0.25, 0.3) is 0 Å². The topological polar surface area (TPSA) is 87.3 Å².